The summed E-state index contributed by atoms with van der Waals surface area (Å²) in [6, 6.07) is 14.2. The first-order valence-electron chi connectivity index (χ1n) is 12.6. The molecule has 1 aliphatic heterocycles. The van der Waals surface area contributed by atoms with Crippen molar-refractivity contribution in [3.8, 4) is 11.3 Å². The number of benzene rings is 1. The number of nitrogens with one attached hydrogen (secondary N) is 3. The Morgan fingerprint density at radius 3 is 2.46 bits per heavy atom. The number of aliphatic carboxylic acids is 1. The fraction of sp³-hybridized carbons (Fsp3) is 0.500. The van der Waals surface area contributed by atoms with Crippen LogP contribution in [0.2, 0.25) is 0 Å². The molecular weight excluding hydrogens is 475 g/mol. The zero-order valence-electron chi connectivity index (χ0n) is 21.8. The number of pyridine rings is 1. The van der Waals surface area contributed by atoms with Gasteiger partial charge in [-0.1, -0.05) is 50.2 Å². The average molecular weight is 512 g/mol. The summed E-state index contributed by atoms with van der Waals surface area (Å²) >= 11 is 0. The van der Waals surface area contributed by atoms with Gasteiger partial charge in [-0.05, 0) is 38.4 Å². The third kappa shape index (κ3) is 8.08. The van der Waals surface area contributed by atoms with Gasteiger partial charge in [0.1, 0.15) is 6.04 Å². The van der Waals surface area contributed by atoms with Crippen molar-refractivity contribution in [1.29, 1.82) is 0 Å². The molecule has 200 valence electrons. The number of aliphatic hydroxyl groups is 1. The number of aliphatic hydroxyl groups excluding tert-OH is 1. The first kappa shape index (κ1) is 28.7. The van der Waals surface area contributed by atoms with Gasteiger partial charge in [0, 0.05) is 24.7 Å². The van der Waals surface area contributed by atoms with Crippen molar-refractivity contribution in [2.45, 2.75) is 64.0 Å². The summed E-state index contributed by atoms with van der Waals surface area (Å²) in [6.07, 6.45) is -1.29. The zero-order valence-corrected chi connectivity index (χ0v) is 21.8. The molecule has 1 aromatic carbocycles. The highest BCUT2D eigenvalue weighted by atomic mass is 16.7. The number of nitrogens with zero attached hydrogens (tertiary/aromatic N) is 1. The monoisotopic (exact) mass is 512 g/mol. The highest BCUT2D eigenvalue weighted by Crippen LogP contribution is 2.20. The van der Waals surface area contributed by atoms with Crippen LogP contribution in [0.5, 0.6) is 0 Å². The van der Waals surface area contributed by atoms with Crippen molar-refractivity contribution in [3.05, 3.63) is 54.2 Å². The molecule has 3 rings (SSSR count). The molecule has 0 amide bonds. The van der Waals surface area contributed by atoms with Crippen LogP contribution in [0.1, 0.15) is 32.9 Å². The second-order valence-corrected chi connectivity index (χ2v) is 9.72. The fourth-order valence-electron chi connectivity index (χ4n) is 4.28. The van der Waals surface area contributed by atoms with Gasteiger partial charge in [-0.3, -0.25) is 14.6 Å². The van der Waals surface area contributed by atoms with E-state index in [-0.39, 0.29) is 17.9 Å². The molecule has 0 bridgehead atoms. The van der Waals surface area contributed by atoms with Crippen LogP contribution in [-0.2, 0) is 25.4 Å². The zero-order chi connectivity index (χ0) is 26.9. The maximum absolute atomic E-state index is 12.4. The van der Waals surface area contributed by atoms with Crippen molar-refractivity contribution in [2.24, 2.45) is 5.92 Å². The van der Waals surface area contributed by atoms with Crippen LogP contribution < -0.4 is 16.0 Å². The summed E-state index contributed by atoms with van der Waals surface area (Å²) < 4.78 is 11.2. The minimum Gasteiger partial charge on any atom is -0.507 e. The van der Waals surface area contributed by atoms with Crippen molar-refractivity contribution in [1.82, 2.24) is 20.9 Å². The Balaban J connectivity index is 1.63. The van der Waals surface area contributed by atoms with E-state index in [9.17, 15) is 19.8 Å². The minimum absolute atomic E-state index is 0.251. The lowest BCUT2D eigenvalue weighted by Gasteiger charge is -2.27. The van der Waals surface area contributed by atoms with E-state index in [4.69, 9.17) is 14.3 Å². The van der Waals surface area contributed by atoms with E-state index in [0.717, 1.165) is 17.0 Å². The second kappa shape index (κ2) is 13.6. The summed E-state index contributed by atoms with van der Waals surface area (Å²) in [5.41, 5.74) is 2.75. The van der Waals surface area contributed by atoms with Crippen LogP contribution >= 0.6 is 0 Å². The molecular formula is C26H37BN4O6. The lowest BCUT2D eigenvalue weighted by atomic mass is 9.74. The molecule has 5 N–H and O–H groups in total. The summed E-state index contributed by atoms with van der Waals surface area (Å²) in [5.74, 6) is -2.04. The number of aromatic nitrogens is 1. The molecule has 0 spiro atoms. The van der Waals surface area contributed by atoms with Gasteiger partial charge in [-0.15, -0.1) is 0 Å². The quantitative estimate of drug-likeness (QED) is 0.235. The van der Waals surface area contributed by atoms with Crippen LogP contribution in [0, 0.1) is 5.92 Å². The normalized spacial score (nSPS) is 18.9. The van der Waals surface area contributed by atoms with E-state index in [0.29, 0.717) is 19.5 Å². The first-order valence-corrected chi connectivity index (χ1v) is 12.6. The molecule has 37 heavy (non-hydrogen) atoms. The van der Waals surface area contributed by atoms with Crippen LogP contribution in [0.3, 0.4) is 0 Å². The summed E-state index contributed by atoms with van der Waals surface area (Å²) in [4.78, 5) is 28.6. The topological polar surface area (TPSA) is 142 Å². The van der Waals surface area contributed by atoms with E-state index in [1.54, 1.807) is 6.92 Å². The molecule has 2 aromatic rings. The molecule has 5 atom stereocenters. The minimum atomic E-state index is -1.24. The van der Waals surface area contributed by atoms with E-state index >= 15 is 0 Å². The van der Waals surface area contributed by atoms with Crippen LogP contribution in [0.25, 0.3) is 11.3 Å². The molecule has 1 aliphatic rings. The van der Waals surface area contributed by atoms with Crippen molar-refractivity contribution >= 4 is 19.1 Å². The fourth-order valence-corrected chi connectivity index (χ4v) is 4.28. The number of rotatable bonds is 14. The average Bonchev–Trinajstić information content (AvgIpc) is 3.24. The third-order valence-electron chi connectivity index (χ3n) is 6.28. The molecule has 11 heteroatoms. The maximum atomic E-state index is 12.4. The van der Waals surface area contributed by atoms with Gasteiger partial charge >= 0.3 is 19.1 Å². The number of carbonyl (C=O) groups excluding carboxylic acids is 1. The van der Waals surface area contributed by atoms with Crippen LogP contribution in [0.4, 0.5) is 0 Å². The van der Waals surface area contributed by atoms with E-state index in [1.807, 2.05) is 62.4 Å². The SMILES string of the molecule is CN[C@@H](C(=O)O)[C@H]1OB([C@H](CC(C)C)NC[C@H](NCc2cccc(-c3ccccc3)n2)[C@@H](C)O)OC1=O. The first-order chi connectivity index (χ1) is 17.7. The summed E-state index contributed by atoms with van der Waals surface area (Å²) in [5, 5.41) is 29.1. The van der Waals surface area contributed by atoms with Gasteiger partial charge < -0.3 is 35.5 Å². The predicted octanol–water partition coefficient (Wildman–Crippen LogP) is 1.23. The smallest absolute Gasteiger partial charge is 0.507 e. The van der Waals surface area contributed by atoms with Crippen molar-refractivity contribution in [2.75, 3.05) is 13.6 Å². The molecule has 1 saturated heterocycles. The molecule has 0 unspecified atom stereocenters. The molecule has 10 nitrogen and oxygen atoms in total. The molecule has 0 radical (unpaired) electrons. The molecule has 0 aliphatic carbocycles. The number of carboxylic acid groups (broad SMARTS) is 1. The standard InChI is InChI=1S/C26H37BN4O6/c1-16(2)13-22(27-36-24(26(35)37-27)23(28-4)25(33)34)30-15-21(17(3)32)29-14-19-11-8-12-20(31-19)18-9-6-5-7-10-18/h5-12,16-17,21-24,28-30,32H,13-15H2,1-4H3,(H,33,34)/t17-,21+,22+,23-,24-/m1/s1. The van der Waals surface area contributed by atoms with Gasteiger partial charge in [0.25, 0.3) is 0 Å². The summed E-state index contributed by atoms with van der Waals surface area (Å²) in [6.45, 7) is 6.59. The number of carbonyl (C=O) groups is 2. The van der Waals surface area contributed by atoms with E-state index < -0.39 is 37.3 Å². The van der Waals surface area contributed by atoms with Gasteiger partial charge in [0.2, 0.25) is 0 Å². The van der Waals surface area contributed by atoms with Gasteiger partial charge in [-0.25, -0.2) is 0 Å². The predicted molar refractivity (Wildman–Crippen MR) is 140 cm³/mol. The molecule has 1 fully saturated rings. The van der Waals surface area contributed by atoms with Gasteiger partial charge in [0.15, 0.2) is 6.10 Å². The van der Waals surface area contributed by atoms with Crippen LogP contribution in [0.15, 0.2) is 48.5 Å². The Kier molecular flexibility index (Phi) is 10.6. The number of likely N-dealkylation sites (N-methyl/N-ethyl adjacent to an activating group) is 1. The maximum Gasteiger partial charge on any atom is 0.546 e. The number of carboxylic acids is 1. The Labute approximate surface area is 218 Å². The third-order valence-corrected chi connectivity index (χ3v) is 6.28. The second-order valence-electron chi connectivity index (χ2n) is 9.72. The Hall–Kier alpha value is -2.83. The lowest BCUT2D eigenvalue weighted by Crippen LogP contribution is -2.53. The Morgan fingerprint density at radius 1 is 1.11 bits per heavy atom. The largest absolute Gasteiger partial charge is 0.546 e. The Morgan fingerprint density at radius 2 is 1.84 bits per heavy atom. The number of hydrogen-bond donors (Lipinski definition) is 5. The van der Waals surface area contributed by atoms with Gasteiger partial charge in [-0.2, -0.15) is 0 Å². The number of hydrogen-bond acceptors (Lipinski definition) is 9. The lowest BCUT2D eigenvalue weighted by molar-refractivity contribution is -0.148. The van der Waals surface area contributed by atoms with Crippen molar-refractivity contribution < 1.29 is 29.1 Å². The highest BCUT2D eigenvalue weighted by Gasteiger charge is 2.50. The Bertz CT molecular complexity index is 1030. The van der Waals surface area contributed by atoms with Crippen LogP contribution in [-0.4, -0.2) is 78.1 Å². The summed E-state index contributed by atoms with van der Waals surface area (Å²) in [7, 11) is 0.518. The molecule has 2 heterocycles. The van der Waals surface area contributed by atoms with E-state index in [2.05, 4.69) is 16.0 Å². The van der Waals surface area contributed by atoms with Gasteiger partial charge in [0.05, 0.1) is 23.4 Å². The molecule has 1 aromatic heterocycles. The van der Waals surface area contributed by atoms with E-state index in [1.165, 1.54) is 7.05 Å². The highest BCUT2D eigenvalue weighted by molar-refractivity contribution is 6.51. The van der Waals surface area contributed by atoms with Crippen molar-refractivity contribution in [3.63, 3.8) is 0 Å². The molecule has 0 saturated carbocycles.